The molecule has 0 unspecified atom stereocenters. The summed E-state index contributed by atoms with van der Waals surface area (Å²) >= 11 is 11.7. The molecule has 0 fully saturated rings. The second kappa shape index (κ2) is 4.21. The predicted molar refractivity (Wildman–Crippen MR) is 60.8 cm³/mol. The number of benzene rings is 1. The molecule has 1 aromatic carbocycles. The lowest BCUT2D eigenvalue weighted by Crippen LogP contribution is -1.96. The van der Waals surface area contributed by atoms with Gasteiger partial charge in [0.25, 0.3) is 0 Å². The molecule has 3 nitrogen and oxygen atoms in total. The molecule has 0 amide bonds. The molecule has 2 rings (SSSR count). The first-order valence-corrected chi connectivity index (χ1v) is 5.33. The number of hydrogen-bond donors (Lipinski definition) is 0. The molecule has 2 aromatic rings. The van der Waals surface area contributed by atoms with E-state index in [0.29, 0.717) is 10.3 Å². The maximum Gasteiger partial charge on any atom is 0.225 e. The van der Waals surface area contributed by atoms with Gasteiger partial charge in [0, 0.05) is 11.4 Å². The Morgan fingerprint density at radius 3 is 2.40 bits per heavy atom. The lowest BCUT2D eigenvalue weighted by Gasteiger charge is -2.00. The minimum Gasteiger partial charge on any atom is -0.203 e. The van der Waals surface area contributed by atoms with Crippen LogP contribution in [0.2, 0.25) is 10.3 Å². The molecule has 15 heavy (non-hydrogen) atoms. The van der Waals surface area contributed by atoms with Crippen LogP contribution in [-0.2, 0) is 6.42 Å². The first-order valence-electron chi connectivity index (χ1n) is 4.58. The standard InChI is InChI=1S/C10H9Cl2N3/c1-2-9-13-10(12)15(14-9)8-5-3-7(11)4-6-8/h3-6H,2H2,1H3. The van der Waals surface area contributed by atoms with Crippen LogP contribution in [0.3, 0.4) is 0 Å². The highest BCUT2D eigenvalue weighted by atomic mass is 35.5. The van der Waals surface area contributed by atoms with Gasteiger partial charge in [-0.2, -0.15) is 0 Å². The largest absolute Gasteiger partial charge is 0.225 e. The summed E-state index contributed by atoms with van der Waals surface area (Å²) in [6, 6.07) is 7.28. The highest BCUT2D eigenvalue weighted by Gasteiger charge is 2.07. The first-order chi connectivity index (χ1) is 7.20. The van der Waals surface area contributed by atoms with Gasteiger partial charge in [0.15, 0.2) is 5.82 Å². The van der Waals surface area contributed by atoms with Gasteiger partial charge < -0.3 is 0 Å². The summed E-state index contributed by atoms with van der Waals surface area (Å²) in [5.74, 6) is 0.731. The highest BCUT2D eigenvalue weighted by molar-refractivity contribution is 6.30. The fraction of sp³-hybridized carbons (Fsp3) is 0.200. The minimum absolute atomic E-state index is 0.370. The molecule has 5 heteroatoms. The summed E-state index contributed by atoms with van der Waals surface area (Å²) in [7, 11) is 0. The SMILES string of the molecule is CCc1nc(Cl)n(-c2ccc(Cl)cc2)n1. The molecule has 0 bridgehead atoms. The third-order valence-electron chi connectivity index (χ3n) is 2.00. The summed E-state index contributed by atoms with van der Waals surface area (Å²) in [6.07, 6.45) is 0.764. The van der Waals surface area contributed by atoms with Gasteiger partial charge in [-0.15, -0.1) is 5.10 Å². The van der Waals surface area contributed by atoms with Crippen molar-refractivity contribution in [2.45, 2.75) is 13.3 Å². The van der Waals surface area contributed by atoms with Gasteiger partial charge in [0.2, 0.25) is 5.28 Å². The van der Waals surface area contributed by atoms with Gasteiger partial charge >= 0.3 is 0 Å². The van der Waals surface area contributed by atoms with Crippen LogP contribution in [0.5, 0.6) is 0 Å². The molecule has 1 aromatic heterocycles. The van der Waals surface area contributed by atoms with E-state index in [-0.39, 0.29) is 0 Å². The van der Waals surface area contributed by atoms with Gasteiger partial charge in [0.05, 0.1) is 5.69 Å². The van der Waals surface area contributed by atoms with Crippen molar-refractivity contribution in [3.8, 4) is 5.69 Å². The molecule has 78 valence electrons. The van der Waals surface area contributed by atoms with Gasteiger partial charge in [-0.25, -0.2) is 9.67 Å². The average Bonchev–Trinajstić information content (AvgIpc) is 2.61. The first kappa shape index (κ1) is 10.5. The zero-order chi connectivity index (χ0) is 10.8. The molecule has 0 saturated heterocycles. The van der Waals surface area contributed by atoms with E-state index >= 15 is 0 Å². The summed E-state index contributed by atoms with van der Waals surface area (Å²) < 4.78 is 1.59. The number of rotatable bonds is 2. The van der Waals surface area contributed by atoms with Crippen molar-refractivity contribution in [3.05, 3.63) is 40.4 Å². The number of nitrogens with zero attached hydrogens (tertiary/aromatic N) is 3. The fourth-order valence-corrected chi connectivity index (χ4v) is 1.59. The monoisotopic (exact) mass is 241 g/mol. The Labute approximate surface area is 97.7 Å². The van der Waals surface area contributed by atoms with Gasteiger partial charge in [-0.3, -0.25) is 0 Å². The van der Waals surface area contributed by atoms with Crippen molar-refractivity contribution in [1.82, 2.24) is 14.8 Å². The number of aromatic nitrogens is 3. The predicted octanol–water partition coefficient (Wildman–Crippen LogP) is 3.14. The van der Waals surface area contributed by atoms with Crippen LogP contribution in [0.4, 0.5) is 0 Å². The van der Waals surface area contributed by atoms with Crippen LogP contribution in [-0.4, -0.2) is 14.8 Å². The van der Waals surface area contributed by atoms with E-state index in [4.69, 9.17) is 23.2 Å². The third kappa shape index (κ3) is 2.13. The lowest BCUT2D eigenvalue weighted by molar-refractivity contribution is 0.840. The van der Waals surface area contributed by atoms with Crippen molar-refractivity contribution >= 4 is 23.2 Å². The van der Waals surface area contributed by atoms with Gasteiger partial charge in [0.1, 0.15) is 0 Å². The van der Waals surface area contributed by atoms with Crippen LogP contribution < -0.4 is 0 Å². The summed E-state index contributed by atoms with van der Waals surface area (Å²) in [5.41, 5.74) is 0.858. The second-order valence-corrected chi connectivity index (χ2v) is 3.81. The summed E-state index contributed by atoms with van der Waals surface area (Å²) in [4.78, 5) is 4.11. The van der Waals surface area contributed by atoms with Gasteiger partial charge in [-0.05, 0) is 35.9 Å². The Kier molecular flexibility index (Phi) is 2.93. The molecule has 0 N–H and O–H groups in total. The zero-order valence-electron chi connectivity index (χ0n) is 8.11. The Morgan fingerprint density at radius 2 is 1.87 bits per heavy atom. The van der Waals surface area contributed by atoms with Crippen molar-refractivity contribution < 1.29 is 0 Å². The lowest BCUT2D eigenvalue weighted by atomic mass is 10.3. The van der Waals surface area contributed by atoms with Crippen molar-refractivity contribution in [1.29, 1.82) is 0 Å². The molecule has 0 aliphatic carbocycles. The molecule has 0 spiro atoms. The van der Waals surface area contributed by atoms with E-state index in [2.05, 4.69) is 10.1 Å². The van der Waals surface area contributed by atoms with E-state index in [1.54, 1.807) is 16.8 Å². The van der Waals surface area contributed by atoms with Gasteiger partial charge in [-0.1, -0.05) is 18.5 Å². The molecule has 0 atom stereocenters. The molecular weight excluding hydrogens is 233 g/mol. The zero-order valence-corrected chi connectivity index (χ0v) is 9.63. The normalized spacial score (nSPS) is 10.6. The third-order valence-corrected chi connectivity index (χ3v) is 2.50. The van der Waals surface area contributed by atoms with Crippen molar-refractivity contribution in [2.24, 2.45) is 0 Å². The van der Waals surface area contributed by atoms with Crippen LogP contribution in [0.1, 0.15) is 12.7 Å². The van der Waals surface area contributed by atoms with Crippen LogP contribution in [0, 0.1) is 0 Å². The quantitative estimate of drug-likeness (QED) is 0.809. The molecule has 0 saturated carbocycles. The van der Waals surface area contributed by atoms with Crippen molar-refractivity contribution in [2.75, 3.05) is 0 Å². The van der Waals surface area contributed by atoms with Crippen molar-refractivity contribution in [3.63, 3.8) is 0 Å². The van der Waals surface area contributed by atoms with E-state index < -0.39 is 0 Å². The Hall–Kier alpha value is -1.06. The van der Waals surface area contributed by atoms with E-state index in [9.17, 15) is 0 Å². The molecular formula is C10H9Cl2N3. The Morgan fingerprint density at radius 1 is 1.20 bits per heavy atom. The smallest absolute Gasteiger partial charge is 0.203 e. The van der Waals surface area contributed by atoms with E-state index in [0.717, 1.165) is 17.9 Å². The fourth-order valence-electron chi connectivity index (χ4n) is 1.23. The van der Waals surface area contributed by atoms with Crippen LogP contribution in [0.25, 0.3) is 5.69 Å². The highest BCUT2D eigenvalue weighted by Crippen LogP contribution is 2.16. The molecule has 0 aliphatic rings. The number of aryl methyl sites for hydroxylation is 1. The molecule has 0 radical (unpaired) electrons. The Balaban J connectivity index is 2.44. The molecule has 0 aliphatic heterocycles. The Bertz CT molecular complexity index is 462. The maximum absolute atomic E-state index is 5.95. The van der Waals surface area contributed by atoms with E-state index in [1.165, 1.54) is 0 Å². The number of halogens is 2. The topological polar surface area (TPSA) is 30.7 Å². The average molecular weight is 242 g/mol. The molecule has 1 heterocycles. The minimum atomic E-state index is 0.370. The number of hydrogen-bond acceptors (Lipinski definition) is 2. The van der Waals surface area contributed by atoms with Crippen LogP contribution >= 0.6 is 23.2 Å². The summed E-state index contributed by atoms with van der Waals surface area (Å²) in [6.45, 7) is 1.98. The maximum atomic E-state index is 5.95. The van der Waals surface area contributed by atoms with Crippen LogP contribution in [0.15, 0.2) is 24.3 Å². The second-order valence-electron chi connectivity index (χ2n) is 3.04. The summed E-state index contributed by atoms with van der Waals surface area (Å²) in [5, 5.41) is 5.31. The van der Waals surface area contributed by atoms with E-state index in [1.807, 2.05) is 19.1 Å².